The maximum absolute atomic E-state index is 12.4. The van der Waals surface area contributed by atoms with Crippen molar-refractivity contribution in [3.8, 4) is 0 Å². The van der Waals surface area contributed by atoms with Gasteiger partial charge in [-0.15, -0.1) is 0 Å². The van der Waals surface area contributed by atoms with Crippen LogP contribution < -0.4 is 0 Å². The van der Waals surface area contributed by atoms with Gasteiger partial charge in [-0.05, 0) is 61.7 Å². The number of aliphatic hydroxyl groups is 1. The summed E-state index contributed by atoms with van der Waals surface area (Å²) < 4.78 is 0. The zero-order valence-corrected chi connectivity index (χ0v) is 14.6. The van der Waals surface area contributed by atoms with E-state index in [-0.39, 0.29) is 22.9 Å². The Morgan fingerprint density at radius 3 is 2.52 bits per heavy atom. The van der Waals surface area contributed by atoms with Gasteiger partial charge in [0.15, 0.2) is 0 Å². The molecular formula is C20H30O3. The number of fused-ring (bicyclic) bond motifs is 5. The largest absolute Gasteiger partial charge is 0.396 e. The van der Waals surface area contributed by atoms with Crippen LogP contribution in [0.5, 0.6) is 0 Å². The number of carbonyl (C=O) groups excluding carboxylic acids is 2. The van der Waals surface area contributed by atoms with E-state index in [9.17, 15) is 14.7 Å². The van der Waals surface area contributed by atoms with Crippen LogP contribution >= 0.6 is 0 Å². The van der Waals surface area contributed by atoms with Gasteiger partial charge in [0.25, 0.3) is 0 Å². The molecule has 128 valence electrons. The van der Waals surface area contributed by atoms with E-state index in [0.29, 0.717) is 42.2 Å². The quantitative estimate of drug-likeness (QED) is 0.804. The molecule has 0 bridgehead atoms. The molecule has 6 atom stereocenters. The highest BCUT2D eigenvalue weighted by Crippen LogP contribution is 2.68. The second-order valence-corrected chi connectivity index (χ2v) is 9.42. The van der Waals surface area contributed by atoms with E-state index in [4.69, 9.17) is 0 Å². The summed E-state index contributed by atoms with van der Waals surface area (Å²) in [7, 11) is 0. The molecule has 0 aromatic heterocycles. The molecule has 0 aromatic carbocycles. The fourth-order valence-corrected chi connectivity index (χ4v) is 7.35. The molecular weight excluding hydrogens is 288 g/mol. The molecule has 0 spiro atoms. The van der Waals surface area contributed by atoms with Crippen molar-refractivity contribution in [2.75, 3.05) is 6.61 Å². The van der Waals surface area contributed by atoms with Crippen molar-refractivity contribution >= 4 is 11.6 Å². The second kappa shape index (κ2) is 4.91. The van der Waals surface area contributed by atoms with Crippen molar-refractivity contribution in [2.24, 2.45) is 34.0 Å². The Morgan fingerprint density at radius 2 is 1.78 bits per heavy atom. The number of aliphatic hydroxyl groups excluding tert-OH is 1. The van der Waals surface area contributed by atoms with Gasteiger partial charge in [0.2, 0.25) is 0 Å². The van der Waals surface area contributed by atoms with Gasteiger partial charge in [0.1, 0.15) is 11.6 Å². The van der Waals surface area contributed by atoms with Crippen molar-refractivity contribution in [2.45, 2.75) is 71.6 Å². The van der Waals surface area contributed by atoms with E-state index in [0.717, 1.165) is 44.9 Å². The Balaban J connectivity index is 1.72. The lowest BCUT2D eigenvalue weighted by atomic mass is 9.40. The van der Waals surface area contributed by atoms with Crippen molar-refractivity contribution in [3.63, 3.8) is 0 Å². The molecule has 4 rings (SSSR count). The Bertz CT molecular complexity index is 555. The second-order valence-electron chi connectivity index (χ2n) is 9.42. The molecule has 4 aliphatic carbocycles. The highest BCUT2D eigenvalue weighted by atomic mass is 16.3. The molecule has 0 heterocycles. The molecule has 0 unspecified atom stereocenters. The normalized spacial score (nSPS) is 52.7. The minimum Gasteiger partial charge on any atom is -0.396 e. The van der Waals surface area contributed by atoms with Gasteiger partial charge in [-0.25, -0.2) is 0 Å². The van der Waals surface area contributed by atoms with Crippen molar-refractivity contribution < 1.29 is 14.7 Å². The molecule has 0 amide bonds. The third-order valence-corrected chi connectivity index (χ3v) is 8.81. The van der Waals surface area contributed by atoms with Gasteiger partial charge >= 0.3 is 0 Å². The first-order valence-electron chi connectivity index (χ1n) is 9.52. The number of carbonyl (C=O) groups is 2. The van der Waals surface area contributed by atoms with Gasteiger partial charge in [-0.1, -0.05) is 13.8 Å². The van der Waals surface area contributed by atoms with Crippen LogP contribution in [0.1, 0.15) is 71.6 Å². The van der Waals surface area contributed by atoms with E-state index in [1.54, 1.807) is 0 Å². The SMILES string of the molecule is C[C@@]12CC[C@@H]3[C@H](CC[C@]4(C)C(=O)CC[C@@H]34)[C@@]1(CO)CCC(=O)C2. The molecule has 4 fully saturated rings. The first-order chi connectivity index (χ1) is 10.9. The van der Waals surface area contributed by atoms with Gasteiger partial charge in [-0.2, -0.15) is 0 Å². The van der Waals surface area contributed by atoms with Crippen LogP contribution in [-0.2, 0) is 9.59 Å². The zero-order chi connectivity index (χ0) is 16.5. The maximum Gasteiger partial charge on any atom is 0.139 e. The maximum atomic E-state index is 12.4. The number of rotatable bonds is 1. The molecule has 0 aromatic rings. The lowest BCUT2D eigenvalue weighted by molar-refractivity contribution is -0.181. The van der Waals surface area contributed by atoms with Crippen LogP contribution in [0.3, 0.4) is 0 Å². The molecule has 3 nitrogen and oxygen atoms in total. The van der Waals surface area contributed by atoms with Crippen molar-refractivity contribution in [1.82, 2.24) is 0 Å². The molecule has 4 saturated carbocycles. The summed E-state index contributed by atoms with van der Waals surface area (Å²) in [5.74, 6) is 2.45. The third-order valence-electron chi connectivity index (χ3n) is 8.81. The Morgan fingerprint density at radius 1 is 1.00 bits per heavy atom. The monoisotopic (exact) mass is 318 g/mol. The fraction of sp³-hybridized carbons (Fsp3) is 0.900. The van der Waals surface area contributed by atoms with Gasteiger partial charge in [0, 0.05) is 36.7 Å². The summed E-state index contributed by atoms with van der Waals surface area (Å²) in [6, 6.07) is 0. The smallest absolute Gasteiger partial charge is 0.139 e. The van der Waals surface area contributed by atoms with Crippen LogP contribution in [-0.4, -0.2) is 23.3 Å². The average molecular weight is 318 g/mol. The fourth-order valence-electron chi connectivity index (χ4n) is 7.35. The topological polar surface area (TPSA) is 54.4 Å². The lowest BCUT2D eigenvalue weighted by Gasteiger charge is -2.64. The molecule has 4 aliphatic rings. The molecule has 0 radical (unpaired) electrons. The van der Waals surface area contributed by atoms with Crippen LogP contribution in [0.15, 0.2) is 0 Å². The Labute approximate surface area is 139 Å². The summed E-state index contributed by atoms with van der Waals surface area (Å²) >= 11 is 0. The number of Topliss-reactive ketones (excluding diaryl/α,β-unsaturated/α-hetero) is 2. The Hall–Kier alpha value is -0.700. The zero-order valence-electron chi connectivity index (χ0n) is 14.6. The average Bonchev–Trinajstić information content (AvgIpc) is 2.82. The predicted molar refractivity (Wildman–Crippen MR) is 87.8 cm³/mol. The van der Waals surface area contributed by atoms with Crippen molar-refractivity contribution in [3.05, 3.63) is 0 Å². The minimum absolute atomic E-state index is 0.0331. The number of hydrogen-bond acceptors (Lipinski definition) is 3. The first-order valence-corrected chi connectivity index (χ1v) is 9.52. The third kappa shape index (κ3) is 1.86. The number of ketones is 2. The van der Waals surface area contributed by atoms with Crippen LogP contribution in [0.25, 0.3) is 0 Å². The van der Waals surface area contributed by atoms with E-state index < -0.39 is 0 Å². The molecule has 3 heteroatoms. The molecule has 0 saturated heterocycles. The highest BCUT2D eigenvalue weighted by molar-refractivity contribution is 5.87. The van der Waals surface area contributed by atoms with E-state index in [1.807, 2.05) is 0 Å². The van der Waals surface area contributed by atoms with Crippen LogP contribution in [0.2, 0.25) is 0 Å². The Kier molecular flexibility index (Phi) is 3.37. The summed E-state index contributed by atoms with van der Waals surface area (Å²) in [6.07, 6.45) is 8.19. The van der Waals surface area contributed by atoms with E-state index in [1.165, 1.54) is 0 Å². The van der Waals surface area contributed by atoms with Crippen LogP contribution in [0, 0.1) is 34.0 Å². The standard InChI is InChI=1S/C20H30O3/c1-18-8-6-14-15-3-4-17(23)19(15,2)9-7-16(14)20(18,12-21)10-5-13(22)11-18/h14-16,21H,3-12H2,1-2H3/t14-,15-,16-,18-,19-,20-/m0/s1. The summed E-state index contributed by atoms with van der Waals surface area (Å²) in [4.78, 5) is 24.5. The first kappa shape index (κ1) is 15.8. The molecule has 1 N–H and O–H groups in total. The predicted octanol–water partition coefficient (Wildman–Crippen LogP) is 3.53. The minimum atomic E-state index is -0.101. The van der Waals surface area contributed by atoms with Crippen molar-refractivity contribution in [1.29, 1.82) is 0 Å². The van der Waals surface area contributed by atoms with Gasteiger partial charge in [-0.3, -0.25) is 9.59 Å². The van der Waals surface area contributed by atoms with Crippen LogP contribution in [0.4, 0.5) is 0 Å². The summed E-state index contributed by atoms with van der Waals surface area (Å²) in [5.41, 5.74) is -0.221. The summed E-state index contributed by atoms with van der Waals surface area (Å²) in [6.45, 7) is 4.67. The van der Waals surface area contributed by atoms with E-state index in [2.05, 4.69) is 13.8 Å². The van der Waals surface area contributed by atoms with Gasteiger partial charge in [0.05, 0.1) is 0 Å². The van der Waals surface area contributed by atoms with E-state index >= 15 is 0 Å². The lowest BCUT2D eigenvalue weighted by Crippen LogP contribution is -2.60. The summed E-state index contributed by atoms with van der Waals surface area (Å²) in [5, 5.41) is 10.4. The molecule has 23 heavy (non-hydrogen) atoms. The van der Waals surface area contributed by atoms with Gasteiger partial charge < -0.3 is 5.11 Å². The highest BCUT2D eigenvalue weighted by Gasteiger charge is 2.64. The number of hydrogen-bond donors (Lipinski definition) is 1. The molecule has 0 aliphatic heterocycles.